The minimum Gasteiger partial charge on any atom is -0.465 e. The van der Waals surface area contributed by atoms with E-state index >= 15 is 0 Å². The Bertz CT molecular complexity index is 1110. The van der Waals surface area contributed by atoms with Crippen LogP contribution in [0.2, 0.25) is 5.02 Å². The fourth-order valence-electron chi connectivity index (χ4n) is 3.01. The van der Waals surface area contributed by atoms with Crippen molar-refractivity contribution in [2.45, 2.75) is 19.4 Å². The summed E-state index contributed by atoms with van der Waals surface area (Å²) in [5.41, 5.74) is 2.18. The summed E-state index contributed by atoms with van der Waals surface area (Å²) in [5, 5.41) is 9.37. The molecule has 0 radical (unpaired) electrons. The Labute approximate surface area is 193 Å². The summed E-state index contributed by atoms with van der Waals surface area (Å²) in [4.78, 5) is 36.7. The van der Waals surface area contributed by atoms with Gasteiger partial charge in [-0.1, -0.05) is 17.7 Å². The highest BCUT2D eigenvalue weighted by Gasteiger charge is 2.14. The first-order chi connectivity index (χ1) is 15.4. The third-order valence-electron chi connectivity index (χ3n) is 4.53. The first-order valence-electron chi connectivity index (χ1n) is 9.58. The molecule has 3 rings (SSSR count). The Morgan fingerprint density at radius 1 is 1.06 bits per heavy atom. The predicted octanol–water partition coefficient (Wildman–Crippen LogP) is 4.37. The van der Waals surface area contributed by atoms with Crippen LogP contribution in [-0.4, -0.2) is 24.9 Å². The summed E-state index contributed by atoms with van der Waals surface area (Å²) in [6.45, 7) is 0.0587. The zero-order chi connectivity index (χ0) is 23.1. The fourth-order valence-corrected chi connectivity index (χ4v) is 3.91. The molecule has 166 valence electrons. The molecule has 0 aliphatic heterocycles. The first-order valence-corrected chi connectivity index (χ1v) is 10.9. The van der Waals surface area contributed by atoms with Crippen LogP contribution in [0, 0.1) is 5.82 Å². The van der Waals surface area contributed by atoms with Gasteiger partial charge in [-0.3, -0.25) is 9.59 Å². The van der Waals surface area contributed by atoms with Crippen LogP contribution in [0.1, 0.15) is 27.0 Å². The fraction of sp³-hybridized carbons (Fsp3) is 0.174. The van der Waals surface area contributed by atoms with Gasteiger partial charge in [-0.25, -0.2) is 9.18 Å². The van der Waals surface area contributed by atoms with Crippen LogP contribution >= 0.6 is 22.9 Å². The van der Waals surface area contributed by atoms with E-state index in [4.69, 9.17) is 16.3 Å². The minimum atomic E-state index is -0.579. The van der Waals surface area contributed by atoms with Gasteiger partial charge >= 0.3 is 5.97 Å². The highest BCUT2D eigenvalue weighted by Crippen LogP contribution is 2.20. The topological polar surface area (TPSA) is 84.5 Å². The average molecular weight is 475 g/mol. The van der Waals surface area contributed by atoms with Gasteiger partial charge in [-0.15, -0.1) is 0 Å². The minimum absolute atomic E-state index is 0.0587. The Morgan fingerprint density at radius 3 is 2.56 bits per heavy atom. The smallest absolute Gasteiger partial charge is 0.337 e. The largest absolute Gasteiger partial charge is 0.465 e. The quantitative estimate of drug-likeness (QED) is 0.475. The van der Waals surface area contributed by atoms with E-state index in [1.165, 1.54) is 42.7 Å². The lowest BCUT2D eigenvalue weighted by molar-refractivity contribution is -0.120. The number of nitrogens with one attached hydrogen (secondary N) is 2. The molecule has 0 fully saturated rings. The van der Waals surface area contributed by atoms with Crippen molar-refractivity contribution >= 4 is 46.4 Å². The van der Waals surface area contributed by atoms with Gasteiger partial charge in [0.25, 0.3) is 0 Å². The number of hydrogen-bond acceptors (Lipinski definition) is 5. The second-order valence-corrected chi connectivity index (χ2v) is 8.11. The predicted molar refractivity (Wildman–Crippen MR) is 121 cm³/mol. The number of carbonyl (C=O) groups is 3. The molecular weight excluding hydrogens is 455 g/mol. The number of thiophene rings is 1. The summed E-state index contributed by atoms with van der Waals surface area (Å²) < 4.78 is 18.7. The zero-order valence-electron chi connectivity index (χ0n) is 17.1. The number of carbonyl (C=O) groups excluding carboxylic acids is 3. The molecule has 6 nitrogen and oxygen atoms in total. The van der Waals surface area contributed by atoms with Crippen molar-refractivity contribution in [3.8, 4) is 0 Å². The Balaban J connectivity index is 1.70. The number of methoxy groups -OCH3 is 1. The van der Waals surface area contributed by atoms with E-state index in [9.17, 15) is 18.8 Å². The van der Waals surface area contributed by atoms with Gasteiger partial charge in [0.05, 0.1) is 25.5 Å². The molecule has 0 spiro atoms. The molecule has 32 heavy (non-hydrogen) atoms. The second kappa shape index (κ2) is 10.9. The number of esters is 1. The highest BCUT2D eigenvalue weighted by molar-refractivity contribution is 7.08. The SMILES string of the molecule is COC(=O)c1cc(CNC(=O)Cc2c(F)cccc2Cl)cc(NC(=O)Cc2ccsc2)c1. The number of ether oxygens (including phenoxy) is 1. The van der Waals surface area contributed by atoms with Crippen LogP contribution in [0.3, 0.4) is 0 Å². The molecule has 0 aliphatic rings. The van der Waals surface area contributed by atoms with Gasteiger partial charge in [-0.05, 0) is 58.3 Å². The van der Waals surface area contributed by atoms with Gasteiger partial charge in [0.1, 0.15) is 5.82 Å². The normalized spacial score (nSPS) is 10.5. The molecule has 0 atom stereocenters. The standard InChI is InChI=1S/C23H20ClFN2O4S/c1-31-23(30)16-7-15(8-17(10-16)27-22(29)9-14-5-6-32-13-14)12-26-21(28)11-18-19(24)3-2-4-20(18)25/h2-8,10,13H,9,11-12H2,1H3,(H,26,28)(H,27,29). The highest BCUT2D eigenvalue weighted by atomic mass is 35.5. The molecule has 9 heteroatoms. The van der Waals surface area contributed by atoms with E-state index in [0.29, 0.717) is 11.3 Å². The number of anilines is 1. The molecule has 3 aromatic rings. The maximum absolute atomic E-state index is 13.9. The molecule has 2 amide bonds. The van der Waals surface area contributed by atoms with E-state index < -0.39 is 17.7 Å². The molecule has 0 saturated heterocycles. The van der Waals surface area contributed by atoms with Crippen molar-refractivity contribution in [2.75, 3.05) is 12.4 Å². The van der Waals surface area contributed by atoms with E-state index in [1.807, 2.05) is 16.8 Å². The van der Waals surface area contributed by atoms with Crippen molar-refractivity contribution in [3.05, 3.63) is 86.3 Å². The van der Waals surface area contributed by atoms with Crippen LogP contribution in [0.4, 0.5) is 10.1 Å². The van der Waals surface area contributed by atoms with Crippen LogP contribution in [0.25, 0.3) is 0 Å². The van der Waals surface area contributed by atoms with E-state index in [0.717, 1.165) is 5.56 Å². The van der Waals surface area contributed by atoms with E-state index in [-0.39, 0.29) is 41.4 Å². The van der Waals surface area contributed by atoms with Crippen molar-refractivity contribution in [3.63, 3.8) is 0 Å². The maximum atomic E-state index is 13.9. The summed E-state index contributed by atoms with van der Waals surface area (Å²) in [5.74, 6) is -1.82. The number of halogens is 2. The van der Waals surface area contributed by atoms with Crippen molar-refractivity contribution in [1.82, 2.24) is 5.32 Å². The lowest BCUT2D eigenvalue weighted by Crippen LogP contribution is -2.25. The molecule has 2 N–H and O–H groups in total. The van der Waals surface area contributed by atoms with Gasteiger partial charge in [0.15, 0.2) is 0 Å². The Kier molecular flexibility index (Phi) is 7.97. The number of benzene rings is 2. The van der Waals surface area contributed by atoms with Crippen molar-refractivity contribution in [1.29, 1.82) is 0 Å². The molecule has 1 aromatic heterocycles. The second-order valence-electron chi connectivity index (χ2n) is 6.92. The van der Waals surface area contributed by atoms with Crippen molar-refractivity contribution in [2.24, 2.45) is 0 Å². The van der Waals surface area contributed by atoms with E-state index in [1.54, 1.807) is 12.1 Å². The molecule has 0 aliphatic carbocycles. The number of rotatable bonds is 8. The Hall–Kier alpha value is -3.23. The summed E-state index contributed by atoms with van der Waals surface area (Å²) in [6.07, 6.45) is -0.0339. The molecular formula is C23H20ClFN2O4S. The summed E-state index contributed by atoms with van der Waals surface area (Å²) >= 11 is 7.47. The maximum Gasteiger partial charge on any atom is 0.337 e. The van der Waals surface area contributed by atoms with Gasteiger partial charge in [0, 0.05) is 22.8 Å². The molecule has 1 heterocycles. The van der Waals surface area contributed by atoms with Crippen LogP contribution in [-0.2, 0) is 33.7 Å². The van der Waals surface area contributed by atoms with Gasteiger partial charge in [0.2, 0.25) is 11.8 Å². The summed E-state index contributed by atoms with van der Waals surface area (Å²) in [7, 11) is 1.25. The first kappa shape index (κ1) is 23.4. The summed E-state index contributed by atoms with van der Waals surface area (Å²) in [6, 6.07) is 10.8. The lowest BCUT2D eigenvalue weighted by atomic mass is 10.1. The molecule has 0 bridgehead atoms. The van der Waals surface area contributed by atoms with Crippen LogP contribution in [0.5, 0.6) is 0 Å². The molecule has 0 saturated carbocycles. The van der Waals surface area contributed by atoms with Gasteiger partial charge in [-0.2, -0.15) is 11.3 Å². The average Bonchev–Trinajstić information content (AvgIpc) is 3.27. The number of hydrogen-bond donors (Lipinski definition) is 2. The van der Waals surface area contributed by atoms with Crippen LogP contribution < -0.4 is 10.6 Å². The Morgan fingerprint density at radius 2 is 1.88 bits per heavy atom. The molecule has 0 unspecified atom stereocenters. The monoisotopic (exact) mass is 474 g/mol. The zero-order valence-corrected chi connectivity index (χ0v) is 18.7. The van der Waals surface area contributed by atoms with E-state index in [2.05, 4.69) is 10.6 Å². The molecule has 2 aromatic carbocycles. The third-order valence-corrected chi connectivity index (χ3v) is 5.62. The van der Waals surface area contributed by atoms with Crippen molar-refractivity contribution < 1.29 is 23.5 Å². The van der Waals surface area contributed by atoms with Crippen LogP contribution in [0.15, 0.2) is 53.2 Å². The third kappa shape index (κ3) is 6.38. The lowest BCUT2D eigenvalue weighted by Gasteiger charge is -2.12. The van der Waals surface area contributed by atoms with Gasteiger partial charge < -0.3 is 15.4 Å². The number of amides is 2.